The molecule has 0 bridgehead atoms. The molecule has 5 nitrogen and oxygen atoms in total. The summed E-state index contributed by atoms with van der Waals surface area (Å²) in [4.78, 5) is 23.0. The molecule has 1 amide bonds. The Hall–Kier alpha value is -1.91. The molecule has 0 aromatic carbocycles. The van der Waals surface area contributed by atoms with E-state index >= 15 is 0 Å². The van der Waals surface area contributed by atoms with Gasteiger partial charge in [0.25, 0.3) is 0 Å². The van der Waals surface area contributed by atoms with Crippen molar-refractivity contribution in [1.82, 2.24) is 15.3 Å². The number of amides is 1. The first-order valence-electron chi connectivity index (χ1n) is 8.30. The zero-order valence-electron chi connectivity index (χ0n) is 13.0. The van der Waals surface area contributed by atoms with E-state index in [1.165, 1.54) is 18.4 Å². The third-order valence-electron chi connectivity index (χ3n) is 4.39. The van der Waals surface area contributed by atoms with Gasteiger partial charge in [0, 0.05) is 37.9 Å². The van der Waals surface area contributed by atoms with Gasteiger partial charge in [-0.2, -0.15) is 0 Å². The predicted molar refractivity (Wildman–Crippen MR) is 86.6 cm³/mol. The highest BCUT2D eigenvalue weighted by molar-refractivity contribution is 5.78. The molecule has 1 N–H and O–H groups in total. The summed E-state index contributed by atoms with van der Waals surface area (Å²) in [6.45, 7) is 1.76. The van der Waals surface area contributed by atoms with Crippen molar-refractivity contribution in [3.05, 3.63) is 30.1 Å². The summed E-state index contributed by atoms with van der Waals surface area (Å²) >= 11 is 0. The smallest absolute Gasteiger partial charge is 0.225 e. The van der Waals surface area contributed by atoms with E-state index in [1.54, 1.807) is 12.4 Å². The standard InChI is InChI=1S/C17H24N4O/c22-16(12-14-6-2-1-3-7-14)20-15-8-4-11-21(13-15)17-18-9-5-10-19-17/h5-6,9-10,15H,1-4,7-8,11-13H2,(H,20,22)/t15-/m1/s1. The molecule has 2 aliphatic rings. The average molecular weight is 300 g/mol. The maximum absolute atomic E-state index is 12.2. The first kappa shape index (κ1) is 15.0. The predicted octanol–water partition coefficient (Wildman–Crippen LogP) is 2.45. The van der Waals surface area contributed by atoms with Crippen LogP contribution in [0.3, 0.4) is 0 Å². The molecule has 1 saturated heterocycles. The Labute approximate surface area is 131 Å². The van der Waals surface area contributed by atoms with Crippen molar-refractivity contribution in [3.8, 4) is 0 Å². The maximum Gasteiger partial charge on any atom is 0.225 e. The average Bonchev–Trinajstić information content (AvgIpc) is 2.57. The van der Waals surface area contributed by atoms with Crippen LogP contribution in [-0.4, -0.2) is 35.0 Å². The van der Waals surface area contributed by atoms with Crippen LogP contribution in [0.1, 0.15) is 44.9 Å². The summed E-state index contributed by atoms with van der Waals surface area (Å²) < 4.78 is 0. The summed E-state index contributed by atoms with van der Waals surface area (Å²) in [5.74, 6) is 0.922. The van der Waals surface area contributed by atoms with Gasteiger partial charge in [-0.3, -0.25) is 4.79 Å². The molecule has 0 spiro atoms. The number of allylic oxidation sites excluding steroid dienone is 1. The fourth-order valence-electron chi connectivity index (χ4n) is 3.28. The van der Waals surface area contributed by atoms with Crippen molar-refractivity contribution >= 4 is 11.9 Å². The number of nitrogens with zero attached hydrogens (tertiary/aromatic N) is 3. The number of aromatic nitrogens is 2. The Morgan fingerprint density at radius 3 is 2.91 bits per heavy atom. The van der Waals surface area contributed by atoms with Crippen molar-refractivity contribution in [2.24, 2.45) is 0 Å². The van der Waals surface area contributed by atoms with Gasteiger partial charge in [0.05, 0.1) is 0 Å². The molecule has 1 aromatic rings. The second-order valence-corrected chi connectivity index (χ2v) is 6.19. The van der Waals surface area contributed by atoms with Gasteiger partial charge in [0.2, 0.25) is 11.9 Å². The van der Waals surface area contributed by atoms with Crippen molar-refractivity contribution in [2.45, 2.75) is 51.0 Å². The lowest BCUT2D eigenvalue weighted by Gasteiger charge is -2.33. The number of hydrogen-bond donors (Lipinski definition) is 1. The molecule has 5 heteroatoms. The van der Waals surface area contributed by atoms with E-state index < -0.39 is 0 Å². The van der Waals surface area contributed by atoms with Crippen LogP contribution in [0.2, 0.25) is 0 Å². The van der Waals surface area contributed by atoms with Crippen molar-refractivity contribution in [1.29, 1.82) is 0 Å². The summed E-state index contributed by atoms with van der Waals surface area (Å²) in [5.41, 5.74) is 1.31. The van der Waals surface area contributed by atoms with Crippen LogP contribution in [0.4, 0.5) is 5.95 Å². The Kier molecular flexibility index (Phi) is 5.03. The number of rotatable bonds is 4. The normalized spacial score (nSPS) is 22.1. The number of anilines is 1. The first-order valence-corrected chi connectivity index (χ1v) is 8.30. The number of piperidine rings is 1. The van der Waals surface area contributed by atoms with Gasteiger partial charge < -0.3 is 10.2 Å². The van der Waals surface area contributed by atoms with E-state index in [2.05, 4.69) is 26.3 Å². The summed E-state index contributed by atoms with van der Waals surface area (Å²) in [5, 5.41) is 3.19. The van der Waals surface area contributed by atoms with Crippen LogP contribution in [0.15, 0.2) is 30.1 Å². The first-order chi connectivity index (χ1) is 10.8. The quantitative estimate of drug-likeness (QED) is 0.868. The van der Waals surface area contributed by atoms with E-state index in [0.717, 1.165) is 44.7 Å². The number of hydrogen-bond acceptors (Lipinski definition) is 4. The van der Waals surface area contributed by atoms with Crippen LogP contribution in [0.5, 0.6) is 0 Å². The lowest BCUT2D eigenvalue weighted by atomic mass is 9.96. The Morgan fingerprint density at radius 1 is 1.27 bits per heavy atom. The number of nitrogens with one attached hydrogen (secondary N) is 1. The third kappa shape index (κ3) is 4.06. The minimum atomic E-state index is 0.161. The van der Waals surface area contributed by atoms with E-state index in [4.69, 9.17) is 0 Å². The summed E-state index contributed by atoms with van der Waals surface area (Å²) in [6.07, 6.45) is 13.1. The molecule has 1 aromatic heterocycles. The topological polar surface area (TPSA) is 58.1 Å². The second kappa shape index (κ2) is 7.38. The highest BCUT2D eigenvalue weighted by Crippen LogP contribution is 2.20. The summed E-state index contributed by atoms with van der Waals surface area (Å²) in [7, 11) is 0. The molecule has 3 rings (SSSR count). The van der Waals surface area contributed by atoms with Gasteiger partial charge in [-0.1, -0.05) is 11.6 Å². The molecule has 2 heterocycles. The van der Waals surface area contributed by atoms with Crippen LogP contribution in [0, 0.1) is 0 Å². The van der Waals surface area contributed by atoms with Gasteiger partial charge in [0.1, 0.15) is 0 Å². The highest BCUT2D eigenvalue weighted by atomic mass is 16.1. The zero-order valence-corrected chi connectivity index (χ0v) is 13.0. The van der Waals surface area contributed by atoms with E-state index in [-0.39, 0.29) is 11.9 Å². The van der Waals surface area contributed by atoms with Crippen molar-refractivity contribution in [2.75, 3.05) is 18.0 Å². The molecule has 1 atom stereocenters. The van der Waals surface area contributed by atoms with Crippen LogP contribution in [0.25, 0.3) is 0 Å². The van der Waals surface area contributed by atoms with Gasteiger partial charge in [0.15, 0.2) is 0 Å². The lowest BCUT2D eigenvalue weighted by Crippen LogP contribution is -2.48. The Bertz CT molecular complexity index is 529. The van der Waals surface area contributed by atoms with Crippen LogP contribution >= 0.6 is 0 Å². The molecular weight excluding hydrogens is 276 g/mol. The van der Waals surface area contributed by atoms with Crippen LogP contribution in [-0.2, 0) is 4.79 Å². The SMILES string of the molecule is O=C(CC1=CCCCC1)N[C@@H]1CCCN(c2ncccn2)C1. The Balaban J connectivity index is 1.51. The number of carbonyl (C=O) groups is 1. The monoisotopic (exact) mass is 300 g/mol. The highest BCUT2D eigenvalue weighted by Gasteiger charge is 2.23. The molecule has 0 unspecified atom stereocenters. The molecule has 0 saturated carbocycles. The fraction of sp³-hybridized carbons (Fsp3) is 0.588. The van der Waals surface area contributed by atoms with Gasteiger partial charge >= 0.3 is 0 Å². The van der Waals surface area contributed by atoms with Gasteiger partial charge in [-0.25, -0.2) is 9.97 Å². The zero-order chi connectivity index (χ0) is 15.2. The molecular formula is C17H24N4O. The number of carbonyl (C=O) groups excluding carboxylic acids is 1. The lowest BCUT2D eigenvalue weighted by molar-refractivity contribution is -0.121. The fourth-order valence-corrected chi connectivity index (χ4v) is 3.28. The third-order valence-corrected chi connectivity index (χ3v) is 4.39. The summed E-state index contributed by atoms with van der Waals surface area (Å²) in [6, 6.07) is 2.03. The largest absolute Gasteiger partial charge is 0.351 e. The molecule has 1 fully saturated rings. The molecule has 118 valence electrons. The van der Waals surface area contributed by atoms with Gasteiger partial charge in [-0.15, -0.1) is 0 Å². The van der Waals surface area contributed by atoms with Crippen molar-refractivity contribution < 1.29 is 4.79 Å². The molecule has 22 heavy (non-hydrogen) atoms. The molecule has 1 aliphatic heterocycles. The maximum atomic E-state index is 12.2. The Morgan fingerprint density at radius 2 is 2.14 bits per heavy atom. The minimum Gasteiger partial charge on any atom is -0.351 e. The van der Waals surface area contributed by atoms with E-state index in [9.17, 15) is 4.79 Å². The minimum absolute atomic E-state index is 0.161. The van der Waals surface area contributed by atoms with Crippen LogP contribution < -0.4 is 10.2 Å². The molecule has 1 aliphatic carbocycles. The second-order valence-electron chi connectivity index (χ2n) is 6.19. The van der Waals surface area contributed by atoms with E-state index in [0.29, 0.717) is 6.42 Å². The van der Waals surface area contributed by atoms with E-state index in [1.807, 2.05) is 6.07 Å². The van der Waals surface area contributed by atoms with Gasteiger partial charge in [-0.05, 0) is 44.6 Å². The molecule has 0 radical (unpaired) electrons. The van der Waals surface area contributed by atoms with Crippen molar-refractivity contribution in [3.63, 3.8) is 0 Å².